The maximum absolute atomic E-state index is 14.2. The Morgan fingerprint density at radius 1 is 1.29 bits per heavy atom. The minimum absolute atomic E-state index is 0.138. The Labute approximate surface area is 100.0 Å². The third kappa shape index (κ3) is 3.03. The number of alkyl halides is 1. The Balaban J connectivity index is 1.88. The molecule has 1 heterocycles. The van der Waals surface area contributed by atoms with Crippen molar-refractivity contribution in [1.29, 1.82) is 0 Å². The van der Waals surface area contributed by atoms with Gasteiger partial charge < -0.3 is 10.1 Å². The van der Waals surface area contributed by atoms with Gasteiger partial charge in [0.25, 0.3) is 0 Å². The van der Waals surface area contributed by atoms with Crippen LogP contribution in [0, 0.1) is 0 Å². The van der Waals surface area contributed by atoms with Crippen LogP contribution in [0.25, 0.3) is 0 Å². The van der Waals surface area contributed by atoms with Crippen LogP contribution in [-0.2, 0) is 16.1 Å². The molecule has 4 heteroatoms. The van der Waals surface area contributed by atoms with Crippen molar-refractivity contribution in [3.05, 3.63) is 35.9 Å². The van der Waals surface area contributed by atoms with Crippen LogP contribution in [0.5, 0.6) is 0 Å². The van der Waals surface area contributed by atoms with E-state index in [9.17, 15) is 9.18 Å². The van der Waals surface area contributed by atoms with Gasteiger partial charge in [-0.15, -0.1) is 0 Å². The first-order chi connectivity index (χ1) is 8.21. The molecule has 2 rings (SSSR count). The molecule has 92 valence electrons. The van der Waals surface area contributed by atoms with Gasteiger partial charge in [0, 0.05) is 12.8 Å². The van der Waals surface area contributed by atoms with Gasteiger partial charge >= 0.3 is 5.97 Å². The molecular formula is C13H16FNO2. The van der Waals surface area contributed by atoms with Crippen molar-refractivity contribution in [1.82, 2.24) is 5.32 Å². The van der Waals surface area contributed by atoms with Gasteiger partial charge in [-0.2, -0.15) is 0 Å². The molecule has 0 aromatic heterocycles. The number of piperidine rings is 1. The van der Waals surface area contributed by atoms with Gasteiger partial charge in [0.2, 0.25) is 5.67 Å². The van der Waals surface area contributed by atoms with Gasteiger partial charge in [-0.3, -0.25) is 0 Å². The lowest BCUT2D eigenvalue weighted by atomic mass is 9.95. The molecule has 0 atom stereocenters. The monoisotopic (exact) mass is 237 g/mol. The van der Waals surface area contributed by atoms with E-state index < -0.39 is 11.6 Å². The maximum Gasteiger partial charge on any atom is 0.344 e. The molecule has 0 aliphatic carbocycles. The summed E-state index contributed by atoms with van der Waals surface area (Å²) in [6.07, 6.45) is 0.390. The molecule has 0 bridgehead atoms. The average Bonchev–Trinajstić information content (AvgIpc) is 2.38. The third-order valence-electron chi connectivity index (χ3n) is 2.97. The maximum atomic E-state index is 14.2. The number of nitrogens with one attached hydrogen (secondary N) is 1. The fraction of sp³-hybridized carbons (Fsp3) is 0.462. The van der Waals surface area contributed by atoms with Crippen LogP contribution in [-0.4, -0.2) is 24.7 Å². The molecule has 17 heavy (non-hydrogen) atoms. The summed E-state index contributed by atoms with van der Waals surface area (Å²) >= 11 is 0. The van der Waals surface area contributed by atoms with E-state index in [0.29, 0.717) is 13.1 Å². The highest BCUT2D eigenvalue weighted by atomic mass is 19.1. The number of benzene rings is 1. The molecule has 1 fully saturated rings. The summed E-state index contributed by atoms with van der Waals surface area (Å²) in [4.78, 5) is 11.7. The molecule has 1 saturated heterocycles. The third-order valence-corrected chi connectivity index (χ3v) is 2.97. The Morgan fingerprint density at radius 3 is 2.59 bits per heavy atom. The van der Waals surface area contributed by atoms with Gasteiger partial charge in [0.05, 0.1) is 0 Å². The molecular weight excluding hydrogens is 221 g/mol. The number of carbonyl (C=O) groups excluding carboxylic acids is 1. The Kier molecular flexibility index (Phi) is 3.74. The molecule has 1 N–H and O–H groups in total. The second-order valence-electron chi connectivity index (χ2n) is 4.28. The molecule has 1 aliphatic rings. The van der Waals surface area contributed by atoms with Crippen molar-refractivity contribution in [2.75, 3.05) is 13.1 Å². The lowest BCUT2D eigenvalue weighted by Gasteiger charge is -2.27. The van der Waals surface area contributed by atoms with Crippen molar-refractivity contribution in [3.63, 3.8) is 0 Å². The van der Waals surface area contributed by atoms with E-state index in [4.69, 9.17) is 4.74 Å². The Morgan fingerprint density at radius 2 is 1.94 bits per heavy atom. The highest BCUT2D eigenvalue weighted by molar-refractivity contribution is 5.79. The van der Waals surface area contributed by atoms with Crippen LogP contribution in [0.1, 0.15) is 18.4 Å². The van der Waals surface area contributed by atoms with Gasteiger partial charge in [-0.25, -0.2) is 9.18 Å². The highest BCUT2D eigenvalue weighted by Gasteiger charge is 2.41. The van der Waals surface area contributed by atoms with E-state index in [2.05, 4.69) is 5.32 Å². The molecule has 0 amide bonds. The molecule has 0 unspecified atom stereocenters. The standard InChI is InChI=1S/C13H16FNO2/c14-13(6-8-15-9-7-13)12(16)17-10-11-4-2-1-3-5-11/h1-5,15H,6-10H2. The van der Waals surface area contributed by atoms with Crippen molar-refractivity contribution >= 4 is 5.97 Å². The van der Waals surface area contributed by atoms with E-state index in [1.165, 1.54) is 0 Å². The molecule has 0 spiro atoms. The highest BCUT2D eigenvalue weighted by Crippen LogP contribution is 2.25. The first-order valence-electron chi connectivity index (χ1n) is 5.81. The number of esters is 1. The first kappa shape index (κ1) is 12.0. The van der Waals surface area contributed by atoms with Crippen LogP contribution in [0.15, 0.2) is 30.3 Å². The number of carbonyl (C=O) groups is 1. The molecule has 0 saturated carbocycles. The van der Waals surface area contributed by atoms with Gasteiger partial charge in [0.15, 0.2) is 0 Å². The van der Waals surface area contributed by atoms with Gasteiger partial charge in [-0.1, -0.05) is 30.3 Å². The summed E-state index contributed by atoms with van der Waals surface area (Å²) in [5.41, 5.74) is -0.932. The van der Waals surface area contributed by atoms with Crippen LogP contribution >= 0.6 is 0 Å². The van der Waals surface area contributed by atoms with Crippen molar-refractivity contribution in [3.8, 4) is 0 Å². The van der Waals surface area contributed by atoms with Gasteiger partial charge in [0.1, 0.15) is 6.61 Å². The zero-order valence-corrected chi connectivity index (χ0v) is 9.62. The van der Waals surface area contributed by atoms with Crippen LogP contribution in [0.4, 0.5) is 4.39 Å². The zero-order chi connectivity index (χ0) is 12.1. The second-order valence-corrected chi connectivity index (χ2v) is 4.28. The molecule has 1 aromatic rings. The number of halogens is 1. The van der Waals surface area contributed by atoms with E-state index in [1.807, 2.05) is 30.3 Å². The van der Waals surface area contributed by atoms with E-state index in [1.54, 1.807) is 0 Å². The van der Waals surface area contributed by atoms with E-state index >= 15 is 0 Å². The first-order valence-corrected chi connectivity index (χ1v) is 5.81. The molecule has 1 aromatic carbocycles. The quantitative estimate of drug-likeness (QED) is 0.815. The number of hydrogen-bond donors (Lipinski definition) is 1. The summed E-state index contributed by atoms with van der Waals surface area (Å²) in [5.74, 6) is -0.733. The van der Waals surface area contributed by atoms with Gasteiger partial charge in [-0.05, 0) is 18.7 Å². The average molecular weight is 237 g/mol. The van der Waals surface area contributed by atoms with Crippen molar-refractivity contribution in [2.45, 2.75) is 25.1 Å². The molecule has 3 nitrogen and oxygen atoms in total. The minimum atomic E-state index is -1.81. The number of hydrogen-bond acceptors (Lipinski definition) is 3. The summed E-state index contributed by atoms with van der Waals surface area (Å²) in [7, 11) is 0. The lowest BCUT2D eigenvalue weighted by molar-refractivity contribution is -0.161. The van der Waals surface area contributed by atoms with E-state index in [0.717, 1.165) is 5.56 Å². The summed E-state index contributed by atoms with van der Waals surface area (Å²) < 4.78 is 19.2. The van der Waals surface area contributed by atoms with E-state index in [-0.39, 0.29) is 19.4 Å². The normalized spacial score (nSPS) is 18.6. The number of rotatable bonds is 3. The van der Waals surface area contributed by atoms with Crippen LogP contribution in [0.2, 0.25) is 0 Å². The largest absolute Gasteiger partial charge is 0.458 e. The summed E-state index contributed by atoms with van der Waals surface area (Å²) in [6.45, 7) is 1.19. The summed E-state index contributed by atoms with van der Waals surface area (Å²) in [5, 5.41) is 3.02. The zero-order valence-electron chi connectivity index (χ0n) is 9.62. The predicted octanol–water partition coefficient (Wildman–Crippen LogP) is 1.82. The fourth-order valence-electron chi connectivity index (χ4n) is 1.88. The SMILES string of the molecule is O=C(OCc1ccccc1)C1(F)CCNCC1. The molecule has 1 aliphatic heterocycles. The Bertz CT molecular complexity index is 374. The number of ether oxygens (including phenoxy) is 1. The van der Waals surface area contributed by atoms with Crippen molar-refractivity contribution in [2.24, 2.45) is 0 Å². The van der Waals surface area contributed by atoms with Crippen molar-refractivity contribution < 1.29 is 13.9 Å². The van der Waals surface area contributed by atoms with Crippen LogP contribution in [0.3, 0.4) is 0 Å². The minimum Gasteiger partial charge on any atom is -0.458 e. The molecule has 0 radical (unpaired) electrons. The second kappa shape index (κ2) is 5.27. The smallest absolute Gasteiger partial charge is 0.344 e. The topological polar surface area (TPSA) is 38.3 Å². The Hall–Kier alpha value is -1.42. The summed E-state index contributed by atoms with van der Waals surface area (Å²) in [6, 6.07) is 9.30. The van der Waals surface area contributed by atoms with Crippen LogP contribution < -0.4 is 5.32 Å². The fourth-order valence-corrected chi connectivity index (χ4v) is 1.88. The predicted molar refractivity (Wildman–Crippen MR) is 62.2 cm³/mol. The lowest BCUT2D eigenvalue weighted by Crippen LogP contribution is -2.45.